The number of pyridine rings is 1. The van der Waals surface area contributed by atoms with E-state index in [0.717, 1.165) is 29.7 Å². The topological polar surface area (TPSA) is 62.2 Å². The van der Waals surface area contributed by atoms with E-state index in [9.17, 15) is 9.18 Å². The van der Waals surface area contributed by atoms with Crippen LogP contribution in [0.1, 0.15) is 24.0 Å². The van der Waals surface area contributed by atoms with Gasteiger partial charge in [-0.25, -0.2) is 9.37 Å². The Morgan fingerprint density at radius 2 is 2.04 bits per heavy atom. The minimum atomic E-state index is -0.559. The van der Waals surface area contributed by atoms with E-state index >= 15 is 0 Å². The zero-order chi connectivity index (χ0) is 17.0. The standard InChI is InChI=1S/C18H19FN2O2S/c19-15-3-1-14(2-4-15)18(6-7-18)17(23)21-16-11-13(5-8-20-16)12-24-10-9-22/h1-5,8,11,22H,6-7,9-10,12H2,(H,20,21,23). The van der Waals surface area contributed by atoms with E-state index in [0.29, 0.717) is 11.6 Å². The van der Waals surface area contributed by atoms with Gasteiger partial charge in [-0.3, -0.25) is 4.79 Å². The van der Waals surface area contributed by atoms with Crippen molar-refractivity contribution in [3.8, 4) is 0 Å². The predicted molar refractivity (Wildman–Crippen MR) is 93.4 cm³/mol. The van der Waals surface area contributed by atoms with Crippen molar-refractivity contribution in [2.75, 3.05) is 17.7 Å². The number of hydrogen-bond donors (Lipinski definition) is 2. The molecule has 126 valence electrons. The van der Waals surface area contributed by atoms with E-state index in [1.807, 2.05) is 12.1 Å². The quantitative estimate of drug-likeness (QED) is 0.756. The van der Waals surface area contributed by atoms with Gasteiger partial charge in [0.15, 0.2) is 0 Å². The fourth-order valence-corrected chi connectivity index (χ4v) is 3.35. The average Bonchev–Trinajstić information content (AvgIpc) is 3.38. The Labute approximate surface area is 144 Å². The molecule has 1 fully saturated rings. The zero-order valence-electron chi connectivity index (χ0n) is 13.2. The lowest BCUT2D eigenvalue weighted by Crippen LogP contribution is -2.28. The van der Waals surface area contributed by atoms with Crippen LogP contribution < -0.4 is 5.32 Å². The molecule has 1 aliphatic rings. The van der Waals surface area contributed by atoms with Crippen LogP contribution in [0.25, 0.3) is 0 Å². The van der Waals surface area contributed by atoms with Crippen LogP contribution in [0.5, 0.6) is 0 Å². The molecule has 1 aliphatic carbocycles. The summed E-state index contributed by atoms with van der Waals surface area (Å²) < 4.78 is 13.1. The number of hydrogen-bond acceptors (Lipinski definition) is 4. The number of benzene rings is 1. The van der Waals surface area contributed by atoms with Crippen molar-refractivity contribution in [1.82, 2.24) is 4.98 Å². The number of nitrogens with one attached hydrogen (secondary N) is 1. The highest BCUT2D eigenvalue weighted by Gasteiger charge is 2.51. The molecule has 0 saturated heterocycles. The molecule has 0 bridgehead atoms. The number of nitrogens with zero attached hydrogens (tertiary/aromatic N) is 1. The molecule has 2 aromatic rings. The molecule has 0 atom stereocenters. The summed E-state index contributed by atoms with van der Waals surface area (Å²) in [6.45, 7) is 0.152. The van der Waals surface area contributed by atoms with E-state index in [4.69, 9.17) is 5.11 Å². The van der Waals surface area contributed by atoms with Crippen molar-refractivity contribution in [1.29, 1.82) is 0 Å². The van der Waals surface area contributed by atoms with Crippen LogP contribution in [-0.2, 0) is 16.0 Å². The molecule has 0 unspecified atom stereocenters. The monoisotopic (exact) mass is 346 g/mol. The SMILES string of the molecule is O=C(Nc1cc(CSCCO)ccn1)C1(c2ccc(F)cc2)CC1. The maximum absolute atomic E-state index is 13.1. The minimum Gasteiger partial charge on any atom is -0.396 e. The van der Waals surface area contributed by atoms with Crippen LogP contribution in [0, 0.1) is 5.82 Å². The second kappa shape index (κ2) is 7.32. The molecular weight excluding hydrogens is 327 g/mol. The smallest absolute Gasteiger partial charge is 0.236 e. The highest BCUT2D eigenvalue weighted by atomic mass is 32.2. The van der Waals surface area contributed by atoms with Gasteiger partial charge in [0.1, 0.15) is 11.6 Å². The average molecular weight is 346 g/mol. The van der Waals surface area contributed by atoms with Crippen LogP contribution in [0.3, 0.4) is 0 Å². The van der Waals surface area contributed by atoms with Crippen molar-refractivity contribution >= 4 is 23.5 Å². The molecule has 3 rings (SSSR count). The number of carbonyl (C=O) groups is 1. The number of rotatable bonds is 7. The second-order valence-electron chi connectivity index (χ2n) is 5.87. The largest absolute Gasteiger partial charge is 0.396 e. The molecule has 1 amide bonds. The molecule has 1 aromatic heterocycles. The lowest BCUT2D eigenvalue weighted by atomic mass is 9.95. The highest BCUT2D eigenvalue weighted by Crippen LogP contribution is 2.48. The molecule has 1 heterocycles. The minimum absolute atomic E-state index is 0.0956. The Bertz CT molecular complexity index is 717. The second-order valence-corrected chi connectivity index (χ2v) is 6.97. The lowest BCUT2D eigenvalue weighted by molar-refractivity contribution is -0.118. The molecule has 0 spiro atoms. The third kappa shape index (κ3) is 3.76. The molecule has 0 aliphatic heterocycles. The van der Waals surface area contributed by atoms with Crippen LogP contribution in [0.15, 0.2) is 42.6 Å². The number of anilines is 1. The molecule has 4 nitrogen and oxygen atoms in total. The molecule has 24 heavy (non-hydrogen) atoms. The summed E-state index contributed by atoms with van der Waals surface area (Å²) in [5, 5.41) is 11.7. The summed E-state index contributed by atoms with van der Waals surface area (Å²) in [7, 11) is 0. The van der Waals surface area contributed by atoms with Gasteiger partial charge < -0.3 is 10.4 Å². The Morgan fingerprint density at radius 1 is 1.29 bits per heavy atom. The lowest BCUT2D eigenvalue weighted by Gasteiger charge is -2.15. The Hall–Kier alpha value is -1.92. The Kier molecular flexibility index (Phi) is 5.16. The molecule has 6 heteroatoms. The molecule has 2 N–H and O–H groups in total. The Balaban J connectivity index is 1.68. The van der Waals surface area contributed by atoms with Gasteiger partial charge in [0, 0.05) is 17.7 Å². The van der Waals surface area contributed by atoms with E-state index in [1.54, 1.807) is 30.1 Å². The van der Waals surface area contributed by atoms with Gasteiger partial charge >= 0.3 is 0 Å². The van der Waals surface area contributed by atoms with Gasteiger partial charge in [-0.2, -0.15) is 11.8 Å². The number of aliphatic hydroxyl groups is 1. The van der Waals surface area contributed by atoms with E-state index in [1.165, 1.54) is 12.1 Å². The first-order valence-electron chi connectivity index (χ1n) is 7.85. The number of thioether (sulfide) groups is 1. The third-order valence-electron chi connectivity index (χ3n) is 4.15. The molecule has 0 radical (unpaired) electrons. The summed E-state index contributed by atoms with van der Waals surface area (Å²) in [5.41, 5.74) is 1.33. The van der Waals surface area contributed by atoms with Gasteiger partial charge in [0.05, 0.1) is 12.0 Å². The Morgan fingerprint density at radius 3 is 2.71 bits per heavy atom. The number of amides is 1. The van der Waals surface area contributed by atoms with Crippen LogP contribution in [0.4, 0.5) is 10.2 Å². The third-order valence-corrected chi connectivity index (χ3v) is 5.16. The van der Waals surface area contributed by atoms with Gasteiger partial charge in [-0.05, 0) is 48.2 Å². The van der Waals surface area contributed by atoms with Crippen molar-refractivity contribution in [2.24, 2.45) is 0 Å². The normalized spacial score (nSPS) is 15.1. The summed E-state index contributed by atoms with van der Waals surface area (Å²) in [4.78, 5) is 16.9. The van der Waals surface area contributed by atoms with Gasteiger partial charge in [-0.1, -0.05) is 12.1 Å². The number of aliphatic hydroxyl groups excluding tert-OH is 1. The van der Waals surface area contributed by atoms with Gasteiger partial charge in [-0.15, -0.1) is 0 Å². The maximum atomic E-state index is 13.1. The van der Waals surface area contributed by atoms with Crippen molar-refractivity contribution < 1.29 is 14.3 Å². The first-order valence-corrected chi connectivity index (χ1v) is 9.00. The molecule has 1 aromatic carbocycles. The van der Waals surface area contributed by atoms with Crippen LogP contribution >= 0.6 is 11.8 Å². The molecule has 1 saturated carbocycles. The first-order chi connectivity index (χ1) is 11.6. The van der Waals surface area contributed by atoms with E-state index in [2.05, 4.69) is 10.3 Å². The van der Waals surface area contributed by atoms with Crippen molar-refractivity contribution in [3.05, 3.63) is 59.5 Å². The highest BCUT2D eigenvalue weighted by molar-refractivity contribution is 7.98. The maximum Gasteiger partial charge on any atom is 0.236 e. The summed E-state index contributed by atoms with van der Waals surface area (Å²) >= 11 is 1.62. The van der Waals surface area contributed by atoms with Crippen molar-refractivity contribution in [2.45, 2.75) is 24.0 Å². The van der Waals surface area contributed by atoms with Gasteiger partial charge in [0.2, 0.25) is 5.91 Å². The summed E-state index contributed by atoms with van der Waals surface area (Å²) in [6, 6.07) is 9.88. The fraction of sp³-hybridized carbons (Fsp3) is 0.333. The fourth-order valence-electron chi connectivity index (χ4n) is 2.66. The number of aromatic nitrogens is 1. The molecular formula is C18H19FN2O2S. The van der Waals surface area contributed by atoms with Gasteiger partial charge in [0.25, 0.3) is 0 Å². The number of halogens is 1. The summed E-state index contributed by atoms with van der Waals surface area (Å²) in [5.74, 6) is 1.56. The van der Waals surface area contributed by atoms with E-state index in [-0.39, 0.29) is 18.3 Å². The van der Waals surface area contributed by atoms with Crippen LogP contribution in [-0.4, -0.2) is 28.4 Å². The summed E-state index contributed by atoms with van der Waals surface area (Å²) in [6.07, 6.45) is 3.19. The predicted octanol–water partition coefficient (Wildman–Crippen LogP) is 3.12. The van der Waals surface area contributed by atoms with Crippen LogP contribution in [0.2, 0.25) is 0 Å². The van der Waals surface area contributed by atoms with Crippen molar-refractivity contribution in [3.63, 3.8) is 0 Å². The zero-order valence-corrected chi connectivity index (χ0v) is 14.0. The first kappa shape index (κ1) is 16.9. The number of carbonyl (C=O) groups excluding carboxylic acids is 1. The van der Waals surface area contributed by atoms with E-state index < -0.39 is 5.41 Å².